The molecule has 0 saturated carbocycles. The van der Waals surface area contributed by atoms with Crippen LogP contribution in [0.15, 0.2) is 65.3 Å². The highest BCUT2D eigenvalue weighted by Crippen LogP contribution is 2.36. The van der Waals surface area contributed by atoms with E-state index in [1.165, 1.54) is 0 Å². The minimum absolute atomic E-state index is 0.0219. The molecule has 2 aliphatic heterocycles. The number of furan rings is 1. The highest BCUT2D eigenvalue weighted by Gasteiger charge is 2.33. The highest BCUT2D eigenvalue weighted by atomic mass is 16.5. The van der Waals surface area contributed by atoms with Crippen molar-refractivity contribution in [3.05, 3.63) is 83.3 Å². The van der Waals surface area contributed by atoms with Crippen molar-refractivity contribution in [1.82, 2.24) is 9.80 Å². The maximum absolute atomic E-state index is 13.4. The van der Waals surface area contributed by atoms with Gasteiger partial charge in [-0.3, -0.25) is 9.69 Å². The van der Waals surface area contributed by atoms with E-state index in [4.69, 9.17) is 13.9 Å². The summed E-state index contributed by atoms with van der Waals surface area (Å²) in [7, 11) is 1.69. The van der Waals surface area contributed by atoms with Gasteiger partial charge in [-0.25, -0.2) is 0 Å². The molecule has 7 nitrogen and oxygen atoms in total. The number of hydrogen-bond acceptors (Lipinski definition) is 6. The molecule has 5 rings (SSSR count). The van der Waals surface area contributed by atoms with Gasteiger partial charge in [0, 0.05) is 30.9 Å². The molecule has 3 heterocycles. The smallest absolute Gasteiger partial charge is 0.258 e. The molecular formula is C25H27N3O4. The first-order chi connectivity index (χ1) is 15.7. The standard InChI is InChI=1S/C25H27N3O4/c1-30-23-9-8-18(15-19(23)16-27-10-13-31-14-11-27)24-26-22-7-3-2-6-21(22)25(29)28(24)17-20-5-4-12-32-20/h2-9,12,15,24,26H,10-11,13-14,16-17H2,1H3. The van der Waals surface area contributed by atoms with Crippen molar-refractivity contribution in [3.63, 3.8) is 0 Å². The second kappa shape index (κ2) is 9.06. The van der Waals surface area contributed by atoms with E-state index in [0.29, 0.717) is 12.1 Å². The second-order valence-corrected chi connectivity index (χ2v) is 8.06. The monoisotopic (exact) mass is 433 g/mol. The summed E-state index contributed by atoms with van der Waals surface area (Å²) in [5.74, 6) is 1.57. The number of benzene rings is 2. The summed E-state index contributed by atoms with van der Waals surface area (Å²) in [6, 6.07) is 17.5. The second-order valence-electron chi connectivity index (χ2n) is 8.06. The minimum atomic E-state index is -0.322. The molecule has 1 amide bonds. The zero-order valence-electron chi connectivity index (χ0n) is 18.1. The molecule has 1 unspecified atom stereocenters. The van der Waals surface area contributed by atoms with Gasteiger partial charge in [-0.15, -0.1) is 0 Å². The normalized spacial score (nSPS) is 18.8. The Balaban J connectivity index is 1.50. The number of methoxy groups -OCH3 is 1. The topological polar surface area (TPSA) is 67.2 Å². The number of carbonyl (C=O) groups excluding carboxylic acids is 1. The lowest BCUT2D eigenvalue weighted by Gasteiger charge is -2.38. The fourth-order valence-electron chi connectivity index (χ4n) is 4.38. The Labute approximate surface area is 187 Å². The van der Waals surface area contributed by atoms with E-state index < -0.39 is 0 Å². The Morgan fingerprint density at radius 3 is 2.69 bits per heavy atom. The van der Waals surface area contributed by atoms with Crippen molar-refractivity contribution >= 4 is 11.6 Å². The fourth-order valence-corrected chi connectivity index (χ4v) is 4.38. The summed E-state index contributed by atoms with van der Waals surface area (Å²) in [6.45, 7) is 4.43. The van der Waals surface area contributed by atoms with Crippen LogP contribution in [0.5, 0.6) is 5.75 Å². The number of carbonyl (C=O) groups is 1. The Bertz CT molecular complexity index is 1080. The number of ether oxygens (including phenoxy) is 2. The molecule has 32 heavy (non-hydrogen) atoms. The molecule has 3 aromatic rings. The summed E-state index contributed by atoms with van der Waals surface area (Å²) >= 11 is 0. The first-order valence-electron chi connectivity index (χ1n) is 10.9. The lowest BCUT2D eigenvalue weighted by atomic mass is 10.0. The molecule has 0 bridgehead atoms. The van der Waals surface area contributed by atoms with E-state index in [9.17, 15) is 4.79 Å². The van der Waals surface area contributed by atoms with Gasteiger partial charge in [0.2, 0.25) is 0 Å². The Kier molecular flexibility index (Phi) is 5.83. The maximum Gasteiger partial charge on any atom is 0.258 e. The van der Waals surface area contributed by atoms with Crippen molar-refractivity contribution < 1.29 is 18.7 Å². The van der Waals surface area contributed by atoms with E-state index in [1.807, 2.05) is 53.4 Å². The van der Waals surface area contributed by atoms with Crippen LogP contribution >= 0.6 is 0 Å². The fraction of sp³-hybridized carbons (Fsp3) is 0.320. The van der Waals surface area contributed by atoms with Gasteiger partial charge in [0.25, 0.3) is 5.91 Å². The number of hydrogen-bond donors (Lipinski definition) is 1. The Morgan fingerprint density at radius 1 is 1.06 bits per heavy atom. The van der Waals surface area contributed by atoms with E-state index in [2.05, 4.69) is 16.3 Å². The van der Waals surface area contributed by atoms with Crippen LogP contribution in [-0.2, 0) is 17.8 Å². The van der Waals surface area contributed by atoms with Crippen molar-refractivity contribution in [2.75, 3.05) is 38.7 Å². The minimum Gasteiger partial charge on any atom is -0.496 e. The number of fused-ring (bicyclic) bond motifs is 1. The molecular weight excluding hydrogens is 406 g/mol. The third-order valence-electron chi connectivity index (χ3n) is 6.05. The Morgan fingerprint density at radius 2 is 1.91 bits per heavy atom. The molecule has 0 aliphatic carbocycles. The SMILES string of the molecule is COc1ccc(C2Nc3ccccc3C(=O)N2Cc2ccco2)cc1CN1CCOCC1. The molecule has 0 radical (unpaired) electrons. The zero-order valence-corrected chi connectivity index (χ0v) is 18.1. The maximum atomic E-state index is 13.4. The van der Waals surface area contributed by atoms with Crippen molar-refractivity contribution in [2.45, 2.75) is 19.3 Å². The average Bonchev–Trinajstić information content (AvgIpc) is 3.35. The molecule has 1 N–H and O–H groups in total. The predicted molar refractivity (Wildman–Crippen MR) is 120 cm³/mol. The van der Waals surface area contributed by atoms with Crippen LogP contribution in [0.25, 0.3) is 0 Å². The summed E-state index contributed by atoms with van der Waals surface area (Å²) in [4.78, 5) is 17.6. The van der Waals surface area contributed by atoms with Gasteiger partial charge in [-0.2, -0.15) is 0 Å². The van der Waals surface area contributed by atoms with Crippen LogP contribution < -0.4 is 10.1 Å². The third-order valence-corrected chi connectivity index (χ3v) is 6.05. The van der Waals surface area contributed by atoms with Gasteiger partial charge in [-0.1, -0.05) is 18.2 Å². The zero-order chi connectivity index (χ0) is 21.9. The number of nitrogens with zero attached hydrogens (tertiary/aromatic N) is 2. The van der Waals surface area contributed by atoms with E-state index in [-0.39, 0.29) is 12.1 Å². The molecule has 1 saturated heterocycles. The number of anilines is 1. The largest absolute Gasteiger partial charge is 0.496 e. The predicted octanol–water partition coefficient (Wildman–Crippen LogP) is 3.89. The van der Waals surface area contributed by atoms with Crippen LogP contribution in [0.3, 0.4) is 0 Å². The Hall–Kier alpha value is -3.29. The highest BCUT2D eigenvalue weighted by molar-refractivity contribution is 6.01. The molecule has 0 spiro atoms. The summed E-state index contributed by atoms with van der Waals surface area (Å²) in [6.07, 6.45) is 1.31. The molecule has 1 aromatic heterocycles. The lowest BCUT2D eigenvalue weighted by Crippen LogP contribution is -2.42. The summed E-state index contributed by atoms with van der Waals surface area (Å²) in [5, 5.41) is 3.56. The molecule has 2 aromatic carbocycles. The quantitative estimate of drug-likeness (QED) is 0.636. The molecule has 1 fully saturated rings. The lowest BCUT2D eigenvalue weighted by molar-refractivity contribution is 0.0338. The first kappa shape index (κ1) is 20.6. The molecule has 7 heteroatoms. The summed E-state index contributed by atoms with van der Waals surface area (Å²) in [5.41, 5.74) is 3.60. The number of rotatable bonds is 6. The van der Waals surface area contributed by atoms with Crippen molar-refractivity contribution in [2.24, 2.45) is 0 Å². The van der Waals surface area contributed by atoms with Crippen LogP contribution in [0.4, 0.5) is 5.69 Å². The molecule has 166 valence electrons. The van der Waals surface area contributed by atoms with Gasteiger partial charge >= 0.3 is 0 Å². The molecule has 1 atom stereocenters. The summed E-state index contributed by atoms with van der Waals surface area (Å²) < 4.78 is 16.7. The van der Waals surface area contributed by atoms with Gasteiger partial charge < -0.3 is 24.1 Å². The van der Waals surface area contributed by atoms with Crippen LogP contribution in [0.2, 0.25) is 0 Å². The van der Waals surface area contributed by atoms with Crippen LogP contribution in [0, 0.1) is 0 Å². The van der Waals surface area contributed by atoms with Gasteiger partial charge in [0.05, 0.1) is 38.7 Å². The van der Waals surface area contributed by atoms with Crippen LogP contribution in [-0.4, -0.2) is 49.1 Å². The van der Waals surface area contributed by atoms with Gasteiger partial charge in [0.15, 0.2) is 0 Å². The number of nitrogens with one attached hydrogen (secondary N) is 1. The van der Waals surface area contributed by atoms with E-state index in [1.54, 1.807) is 13.4 Å². The van der Waals surface area contributed by atoms with Crippen molar-refractivity contribution in [3.8, 4) is 5.75 Å². The number of para-hydroxylation sites is 1. The van der Waals surface area contributed by atoms with E-state index in [0.717, 1.165) is 61.2 Å². The molecule has 2 aliphatic rings. The van der Waals surface area contributed by atoms with E-state index >= 15 is 0 Å². The number of morpholine rings is 1. The van der Waals surface area contributed by atoms with Gasteiger partial charge in [-0.05, 0) is 42.0 Å². The number of amides is 1. The third kappa shape index (κ3) is 4.09. The first-order valence-corrected chi connectivity index (χ1v) is 10.9. The van der Waals surface area contributed by atoms with Gasteiger partial charge in [0.1, 0.15) is 17.7 Å². The van der Waals surface area contributed by atoms with Crippen LogP contribution in [0.1, 0.15) is 33.4 Å². The van der Waals surface area contributed by atoms with Crippen molar-refractivity contribution in [1.29, 1.82) is 0 Å². The average molecular weight is 434 g/mol.